The average molecular weight is 266 g/mol. The van der Waals surface area contributed by atoms with Crippen LogP contribution < -0.4 is 0 Å². The fourth-order valence-electron chi connectivity index (χ4n) is 2.38. The minimum absolute atomic E-state index is 0.0142. The van der Waals surface area contributed by atoms with Crippen LogP contribution in [0.15, 0.2) is 24.3 Å². The molecule has 3 N–H and O–H groups in total. The van der Waals surface area contributed by atoms with Crippen LogP contribution in [0, 0.1) is 0 Å². The highest BCUT2D eigenvalue weighted by Crippen LogP contribution is 2.27. The Kier molecular flexibility index (Phi) is 4.52. The van der Waals surface area contributed by atoms with Gasteiger partial charge in [-0.25, -0.2) is 4.79 Å². The zero-order valence-electron chi connectivity index (χ0n) is 10.5. The second kappa shape index (κ2) is 6.14. The maximum absolute atomic E-state index is 11.1. The van der Waals surface area contributed by atoms with E-state index in [1.54, 1.807) is 12.1 Å². The summed E-state index contributed by atoms with van der Waals surface area (Å²) in [4.78, 5) is 11.1. The maximum atomic E-state index is 11.1. The molecule has 0 bridgehead atoms. The van der Waals surface area contributed by atoms with Crippen LogP contribution in [0.25, 0.3) is 0 Å². The van der Waals surface area contributed by atoms with Gasteiger partial charge in [-0.05, 0) is 18.9 Å². The topological polar surface area (TPSA) is 87.0 Å². The molecule has 3 atom stereocenters. The van der Waals surface area contributed by atoms with E-state index in [1.807, 2.05) is 0 Å². The van der Waals surface area contributed by atoms with Crippen molar-refractivity contribution in [2.45, 2.75) is 44.2 Å². The third kappa shape index (κ3) is 3.32. The molecule has 5 nitrogen and oxygen atoms in total. The van der Waals surface area contributed by atoms with Gasteiger partial charge in [-0.15, -0.1) is 0 Å². The van der Waals surface area contributed by atoms with E-state index in [0.29, 0.717) is 12.8 Å². The lowest BCUT2D eigenvalue weighted by Gasteiger charge is -2.29. The normalized spacial score (nSPS) is 24.9. The summed E-state index contributed by atoms with van der Waals surface area (Å²) < 4.78 is 5.42. The van der Waals surface area contributed by atoms with Crippen LogP contribution in [-0.2, 0) is 4.74 Å². The lowest BCUT2D eigenvalue weighted by atomic mass is 9.94. The summed E-state index contributed by atoms with van der Waals surface area (Å²) in [5.74, 6) is -1.11. The first kappa shape index (κ1) is 14.0. The molecular formula is C14H18O5. The van der Waals surface area contributed by atoms with Crippen molar-refractivity contribution in [2.24, 2.45) is 0 Å². The van der Waals surface area contributed by atoms with Gasteiger partial charge < -0.3 is 20.1 Å². The second-order valence-electron chi connectivity index (χ2n) is 4.77. The zero-order valence-corrected chi connectivity index (χ0v) is 10.5. The summed E-state index contributed by atoms with van der Waals surface area (Å²) in [5.41, 5.74) is 0.230. The summed E-state index contributed by atoms with van der Waals surface area (Å²) in [6.45, 7) is 0. The molecule has 1 aliphatic rings. The summed E-state index contributed by atoms with van der Waals surface area (Å²) in [7, 11) is 0. The Hall–Kier alpha value is -1.43. The number of carboxylic acid groups (broad SMARTS) is 1. The number of ether oxygens (including phenoxy) is 1. The number of aromatic carboxylic acids is 1. The minimum atomic E-state index is -1.33. The molecule has 0 spiro atoms. The average Bonchev–Trinajstić information content (AvgIpc) is 2.41. The van der Waals surface area contributed by atoms with Crippen LogP contribution in [0.1, 0.15) is 47.9 Å². The Labute approximate surface area is 111 Å². The summed E-state index contributed by atoms with van der Waals surface area (Å²) >= 11 is 0. The third-order valence-corrected chi connectivity index (χ3v) is 3.43. The van der Waals surface area contributed by atoms with Crippen LogP contribution in [0.5, 0.6) is 0 Å². The van der Waals surface area contributed by atoms with E-state index < -0.39 is 24.5 Å². The van der Waals surface area contributed by atoms with E-state index >= 15 is 0 Å². The second-order valence-corrected chi connectivity index (χ2v) is 4.77. The Balaban J connectivity index is 2.11. The quantitative estimate of drug-likeness (QED) is 0.722. The van der Waals surface area contributed by atoms with E-state index in [2.05, 4.69) is 0 Å². The summed E-state index contributed by atoms with van der Waals surface area (Å²) in [6.07, 6.45) is 0.847. The van der Waals surface area contributed by atoms with E-state index in [-0.39, 0.29) is 11.1 Å². The molecule has 19 heavy (non-hydrogen) atoms. The number of rotatable bonds is 4. The number of aliphatic hydroxyl groups is 2. The SMILES string of the molecule is O=C(O)c1ccccc1C(O)O[C@@H]1CCCC[C@H]1O. The van der Waals surface area contributed by atoms with E-state index in [9.17, 15) is 15.0 Å². The molecule has 104 valence electrons. The largest absolute Gasteiger partial charge is 0.478 e. The van der Waals surface area contributed by atoms with Crippen molar-refractivity contribution < 1.29 is 24.9 Å². The van der Waals surface area contributed by atoms with E-state index in [4.69, 9.17) is 9.84 Å². The highest BCUT2D eigenvalue weighted by Gasteiger charge is 2.27. The van der Waals surface area contributed by atoms with Crippen molar-refractivity contribution in [3.05, 3.63) is 35.4 Å². The van der Waals surface area contributed by atoms with Gasteiger partial charge in [-0.1, -0.05) is 31.0 Å². The van der Waals surface area contributed by atoms with Crippen LogP contribution in [-0.4, -0.2) is 33.5 Å². The highest BCUT2D eigenvalue weighted by atomic mass is 16.6. The molecule has 1 saturated carbocycles. The molecule has 0 amide bonds. The van der Waals surface area contributed by atoms with Crippen molar-refractivity contribution >= 4 is 5.97 Å². The standard InChI is InChI=1S/C14H18O5/c15-11-7-3-4-8-12(11)19-14(18)10-6-2-1-5-9(10)13(16)17/h1-2,5-6,11-12,14-15,18H,3-4,7-8H2,(H,16,17)/t11-,12-,14?/m1/s1. The Bertz CT molecular complexity index is 445. The Morgan fingerprint density at radius 3 is 2.63 bits per heavy atom. The Morgan fingerprint density at radius 2 is 1.95 bits per heavy atom. The van der Waals surface area contributed by atoms with Crippen LogP contribution in [0.2, 0.25) is 0 Å². The van der Waals surface area contributed by atoms with Crippen molar-refractivity contribution in [3.63, 3.8) is 0 Å². The number of hydrogen-bond donors (Lipinski definition) is 3. The first-order chi connectivity index (χ1) is 9.09. The highest BCUT2D eigenvalue weighted by molar-refractivity contribution is 5.89. The van der Waals surface area contributed by atoms with Gasteiger partial charge in [0.15, 0.2) is 6.29 Å². The lowest BCUT2D eigenvalue weighted by molar-refractivity contribution is -0.177. The van der Waals surface area contributed by atoms with Crippen molar-refractivity contribution in [3.8, 4) is 0 Å². The molecular weight excluding hydrogens is 248 g/mol. The monoisotopic (exact) mass is 266 g/mol. The van der Waals surface area contributed by atoms with Gasteiger partial charge in [0.1, 0.15) is 0 Å². The van der Waals surface area contributed by atoms with Gasteiger partial charge in [0.05, 0.1) is 17.8 Å². The third-order valence-electron chi connectivity index (χ3n) is 3.43. The first-order valence-corrected chi connectivity index (χ1v) is 6.43. The van der Waals surface area contributed by atoms with Crippen LogP contribution in [0.4, 0.5) is 0 Å². The van der Waals surface area contributed by atoms with Crippen LogP contribution in [0.3, 0.4) is 0 Å². The fraction of sp³-hybridized carbons (Fsp3) is 0.500. The number of aliphatic hydroxyl groups excluding tert-OH is 2. The molecule has 0 radical (unpaired) electrons. The summed E-state index contributed by atoms with van der Waals surface area (Å²) in [6, 6.07) is 6.17. The van der Waals surface area contributed by atoms with E-state index in [0.717, 1.165) is 12.8 Å². The fourth-order valence-corrected chi connectivity index (χ4v) is 2.38. The lowest BCUT2D eigenvalue weighted by Crippen LogP contribution is -2.33. The van der Waals surface area contributed by atoms with Gasteiger partial charge in [0.25, 0.3) is 0 Å². The molecule has 5 heteroatoms. The van der Waals surface area contributed by atoms with E-state index in [1.165, 1.54) is 12.1 Å². The number of hydrogen-bond acceptors (Lipinski definition) is 4. The van der Waals surface area contributed by atoms with Crippen molar-refractivity contribution in [1.82, 2.24) is 0 Å². The van der Waals surface area contributed by atoms with Gasteiger partial charge >= 0.3 is 5.97 Å². The predicted octanol–water partition coefficient (Wildman–Crippen LogP) is 1.70. The molecule has 2 rings (SSSR count). The molecule has 1 fully saturated rings. The van der Waals surface area contributed by atoms with Gasteiger partial charge in [-0.3, -0.25) is 0 Å². The molecule has 0 aliphatic heterocycles. The minimum Gasteiger partial charge on any atom is -0.478 e. The van der Waals surface area contributed by atoms with Gasteiger partial charge in [0.2, 0.25) is 0 Å². The molecule has 0 saturated heterocycles. The van der Waals surface area contributed by atoms with Gasteiger partial charge in [0, 0.05) is 5.56 Å². The maximum Gasteiger partial charge on any atom is 0.336 e. The number of carbonyl (C=O) groups is 1. The number of carboxylic acids is 1. The molecule has 0 aromatic heterocycles. The van der Waals surface area contributed by atoms with Crippen molar-refractivity contribution in [2.75, 3.05) is 0 Å². The molecule has 1 aliphatic carbocycles. The Morgan fingerprint density at radius 1 is 1.26 bits per heavy atom. The molecule has 1 aromatic carbocycles. The predicted molar refractivity (Wildman–Crippen MR) is 67.7 cm³/mol. The zero-order chi connectivity index (χ0) is 13.8. The number of benzene rings is 1. The molecule has 1 unspecified atom stereocenters. The van der Waals surface area contributed by atoms with Gasteiger partial charge in [-0.2, -0.15) is 0 Å². The molecule has 1 aromatic rings. The van der Waals surface area contributed by atoms with Crippen LogP contribution >= 0.6 is 0 Å². The molecule has 0 heterocycles. The summed E-state index contributed by atoms with van der Waals surface area (Å²) in [5, 5.41) is 28.9. The van der Waals surface area contributed by atoms with Crippen molar-refractivity contribution in [1.29, 1.82) is 0 Å². The first-order valence-electron chi connectivity index (χ1n) is 6.43. The smallest absolute Gasteiger partial charge is 0.336 e.